The lowest BCUT2D eigenvalue weighted by Crippen LogP contribution is -2.29. The smallest absolute Gasteiger partial charge is 0.0693 e. The van der Waals surface area contributed by atoms with Gasteiger partial charge in [-0.25, -0.2) is 0 Å². The average Bonchev–Trinajstić information content (AvgIpc) is 2.44. The van der Waals surface area contributed by atoms with Gasteiger partial charge in [-0.15, -0.1) is 0 Å². The fourth-order valence-electron chi connectivity index (χ4n) is 3.19. The molecule has 0 saturated heterocycles. The first-order valence-electron chi connectivity index (χ1n) is 6.94. The van der Waals surface area contributed by atoms with Gasteiger partial charge in [0.15, 0.2) is 0 Å². The molecule has 0 amide bonds. The number of hydrogen-bond donors (Lipinski definition) is 0. The molecule has 1 saturated carbocycles. The van der Waals surface area contributed by atoms with Crippen molar-refractivity contribution in [2.45, 2.75) is 45.4 Å². The first-order chi connectivity index (χ1) is 9.10. The second-order valence-electron chi connectivity index (χ2n) is 5.65. The highest BCUT2D eigenvalue weighted by Gasteiger charge is 2.36. The zero-order chi connectivity index (χ0) is 13.9. The summed E-state index contributed by atoms with van der Waals surface area (Å²) in [4.78, 5) is 0. The zero-order valence-electron chi connectivity index (χ0n) is 11.3. The van der Waals surface area contributed by atoms with Gasteiger partial charge in [0.2, 0.25) is 0 Å². The van der Waals surface area contributed by atoms with Crippen molar-refractivity contribution in [1.82, 2.24) is 0 Å². The number of hydrogen-bond acceptors (Lipinski definition) is 1. The molecule has 1 aliphatic rings. The average molecular weight is 296 g/mol. The minimum atomic E-state index is -0.257. The largest absolute Gasteiger partial charge is 0.198 e. The summed E-state index contributed by atoms with van der Waals surface area (Å²) in [7, 11) is 0. The van der Waals surface area contributed by atoms with E-state index in [1.54, 1.807) is 6.07 Å². The summed E-state index contributed by atoms with van der Waals surface area (Å²) in [5.41, 5.74) is 0.750. The molecule has 2 atom stereocenters. The molecule has 0 aromatic heterocycles. The Labute approximate surface area is 125 Å². The second-order valence-corrected chi connectivity index (χ2v) is 6.44. The minimum absolute atomic E-state index is 0.257. The lowest BCUT2D eigenvalue weighted by Gasteiger charge is -2.35. The Morgan fingerprint density at radius 3 is 2.89 bits per heavy atom. The van der Waals surface area contributed by atoms with Crippen molar-refractivity contribution in [3.05, 3.63) is 33.8 Å². The van der Waals surface area contributed by atoms with E-state index in [1.807, 2.05) is 12.1 Å². The van der Waals surface area contributed by atoms with Crippen LogP contribution in [0.2, 0.25) is 10.0 Å². The molecule has 0 N–H and O–H groups in total. The van der Waals surface area contributed by atoms with Gasteiger partial charge in [0.25, 0.3) is 0 Å². The van der Waals surface area contributed by atoms with E-state index < -0.39 is 0 Å². The Hall–Kier alpha value is -0.710. The van der Waals surface area contributed by atoms with E-state index in [1.165, 1.54) is 6.42 Å². The predicted octanol–water partition coefficient (Wildman–Crippen LogP) is 5.65. The maximum absolute atomic E-state index is 9.65. The molecule has 1 nitrogen and oxygen atoms in total. The van der Waals surface area contributed by atoms with E-state index in [4.69, 9.17) is 23.2 Å². The van der Waals surface area contributed by atoms with Crippen molar-refractivity contribution in [1.29, 1.82) is 5.26 Å². The monoisotopic (exact) mass is 295 g/mol. The van der Waals surface area contributed by atoms with Gasteiger partial charge in [0.1, 0.15) is 0 Å². The van der Waals surface area contributed by atoms with Crippen LogP contribution in [-0.2, 0) is 6.42 Å². The van der Waals surface area contributed by atoms with Crippen LogP contribution in [0.1, 0.15) is 44.6 Å². The summed E-state index contributed by atoms with van der Waals surface area (Å²) in [6.07, 6.45) is 6.24. The van der Waals surface area contributed by atoms with Crippen LogP contribution >= 0.6 is 23.2 Å². The third-order valence-corrected chi connectivity index (χ3v) is 5.18. The van der Waals surface area contributed by atoms with E-state index in [-0.39, 0.29) is 5.41 Å². The van der Waals surface area contributed by atoms with Crippen molar-refractivity contribution in [2.24, 2.45) is 11.3 Å². The predicted molar refractivity (Wildman–Crippen MR) is 80.5 cm³/mol. The Balaban J connectivity index is 2.23. The molecule has 2 rings (SSSR count). The zero-order valence-corrected chi connectivity index (χ0v) is 12.8. The Bertz CT molecular complexity index is 492. The SMILES string of the molecule is CCC1CCCC(C#N)(Cc2cccc(Cl)c2Cl)C1. The quantitative estimate of drug-likeness (QED) is 0.707. The molecule has 3 heteroatoms. The lowest BCUT2D eigenvalue weighted by atomic mass is 9.67. The van der Waals surface area contributed by atoms with Gasteiger partial charge in [-0.3, -0.25) is 0 Å². The van der Waals surface area contributed by atoms with Gasteiger partial charge in [0.05, 0.1) is 21.5 Å². The highest BCUT2D eigenvalue weighted by Crippen LogP contribution is 2.44. The molecular weight excluding hydrogens is 277 g/mol. The molecule has 19 heavy (non-hydrogen) atoms. The van der Waals surface area contributed by atoms with Crippen molar-refractivity contribution in [3.63, 3.8) is 0 Å². The van der Waals surface area contributed by atoms with Gasteiger partial charge in [0, 0.05) is 0 Å². The maximum atomic E-state index is 9.65. The fourth-order valence-corrected chi connectivity index (χ4v) is 3.57. The second kappa shape index (κ2) is 6.16. The van der Waals surface area contributed by atoms with Gasteiger partial charge in [-0.2, -0.15) is 5.26 Å². The Kier molecular flexibility index (Phi) is 4.76. The Morgan fingerprint density at radius 2 is 2.21 bits per heavy atom. The van der Waals surface area contributed by atoms with Gasteiger partial charge >= 0.3 is 0 Å². The van der Waals surface area contributed by atoms with Crippen LogP contribution < -0.4 is 0 Å². The summed E-state index contributed by atoms with van der Waals surface area (Å²) in [6, 6.07) is 8.27. The van der Waals surface area contributed by atoms with Crippen LogP contribution in [0.15, 0.2) is 18.2 Å². The summed E-state index contributed by atoms with van der Waals surface area (Å²) >= 11 is 12.3. The van der Waals surface area contributed by atoms with Crippen molar-refractivity contribution >= 4 is 23.2 Å². The van der Waals surface area contributed by atoms with Crippen LogP contribution in [0.5, 0.6) is 0 Å². The van der Waals surface area contributed by atoms with Crippen molar-refractivity contribution in [3.8, 4) is 6.07 Å². The molecule has 0 radical (unpaired) electrons. The normalized spacial score (nSPS) is 26.9. The third-order valence-electron chi connectivity index (χ3n) is 4.32. The maximum Gasteiger partial charge on any atom is 0.0693 e. The molecule has 0 aliphatic heterocycles. The van der Waals surface area contributed by atoms with Gasteiger partial charge < -0.3 is 0 Å². The Morgan fingerprint density at radius 1 is 1.42 bits per heavy atom. The van der Waals surface area contributed by atoms with Gasteiger partial charge in [-0.1, -0.05) is 61.5 Å². The van der Waals surface area contributed by atoms with Crippen LogP contribution in [0.25, 0.3) is 0 Å². The highest BCUT2D eigenvalue weighted by molar-refractivity contribution is 6.42. The number of nitriles is 1. The molecule has 0 heterocycles. The van der Waals surface area contributed by atoms with E-state index in [9.17, 15) is 5.26 Å². The standard InChI is InChI=1S/C16H19Cl2N/c1-2-12-5-4-8-16(9-12,11-19)10-13-6-3-7-14(17)15(13)18/h3,6-7,12H,2,4-5,8-10H2,1H3. The van der Waals surface area contributed by atoms with Crippen LogP contribution in [-0.4, -0.2) is 0 Å². The summed E-state index contributed by atoms with van der Waals surface area (Å²) in [6.45, 7) is 2.21. The third kappa shape index (κ3) is 3.25. The van der Waals surface area contributed by atoms with Crippen LogP contribution in [0.3, 0.4) is 0 Å². The number of nitrogens with zero attached hydrogens (tertiary/aromatic N) is 1. The first-order valence-corrected chi connectivity index (χ1v) is 7.70. The molecule has 102 valence electrons. The highest BCUT2D eigenvalue weighted by atomic mass is 35.5. The van der Waals surface area contributed by atoms with Crippen LogP contribution in [0.4, 0.5) is 0 Å². The number of halogens is 2. The molecule has 0 spiro atoms. The van der Waals surface area contributed by atoms with Crippen molar-refractivity contribution in [2.75, 3.05) is 0 Å². The molecule has 2 unspecified atom stereocenters. The van der Waals surface area contributed by atoms with E-state index in [2.05, 4.69) is 13.0 Å². The van der Waals surface area contributed by atoms with E-state index in [0.717, 1.165) is 37.7 Å². The molecule has 1 aromatic rings. The summed E-state index contributed by atoms with van der Waals surface area (Å²) in [5, 5.41) is 10.8. The van der Waals surface area contributed by atoms with E-state index >= 15 is 0 Å². The molecule has 0 bridgehead atoms. The summed E-state index contributed by atoms with van der Waals surface area (Å²) in [5.74, 6) is 0.673. The van der Waals surface area contributed by atoms with Gasteiger partial charge in [-0.05, 0) is 36.8 Å². The summed E-state index contributed by atoms with van der Waals surface area (Å²) < 4.78 is 0. The number of rotatable bonds is 3. The lowest BCUT2D eigenvalue weighted by molar-refractivity contribution is 0.194. The topological polar surface area (TPSA) is 23.8 Å². The van der Waals surface area contributed by atoms with E-state index in [0.29, 0.717) is 16.0 Å². The number of benzene rings is 1. The molecule has 1 aromatic carbocycles. The first kappa shape index (κ1) is 14.7. The molecule has 1 aliphatic carbocycles. The van der Waals surface area contributed by atoms with Crippen LogP contribution in [0, 0.1) is 22.7 Å². The molecule has 1 fully saturated rings. The molecular formula is C16H19Cl2N. The van der Waals surface area contributed by atoms with Crippen molar-refractivity contribution < 1.29 is 0 Å². The minimum Gasteiger partial charge on any atom is -0.198 e. The fraction of sp³-hybridized carbons (Fsp3) is 0.562.